The van der Waals surface area contributed by atoms with Crippen LogP contribution in [0.3, 0.4) is 0 Å². The predicted octanol–water partition coefficient (Wildman–Crippen LogP) is 4.07. The van der Waals surface area contributed by atoms with Gasteiger partial charge in [0.05, 0.1) is 5.69 Å². The molecule has 0 radical (unpaired) electrons. The number of aryl methyl sites for hydroxylation is 1. The molecule has 0 aliphatic heterocycles. The van der Waals surface area contributed by atoms with Crippen molar-refractivity contribution >= 4 is 11.6 Å². The van der Waals surface area contributed by atoms with Crippen molar-refractivity contribution in [3.63, 3.8) is 0 Å². The van der Waals surface area contributed by atoms with Crippen LogP contribution in [0.2, 0.25) is 5.28 Å². The highest BCUT2D eigenvalue weighted by Gasteiger charge is 2.13. The fraction of sp³-hybridized carbons (Fsp3) is 0.176. The molecule has 0 bridgehead atoms. The number of para-hydroxylation sites is 1. The summed E-state index contributed by atoms with van der Waals surface area (Å²) in [4.78, 5) is 0. The second kappa shape index (κ2) is 6.10. The highest BCUT2D eigenvalue weighted by atomic mass is 35.5. The van der Waals surface area contributed by atoms with E-state index in [0.29, 0.717) is 5.28 Å². The number of aromatic nitrogens is 3. The predicted molar refractivity (Wildman–Crippen MR) is 85.0 cm³/mol. The number of hydrogen-bond donors (Lipinski definition) is 0. The first kappa shape index (κ1) is 13.8. The highest BCUT2D eigenvalue weighted by Crippen LogP contribution is 2.23. The lowest BCUT2D eigenvalue weighted by Gasteiger charge is -2.12. The number of nitrogens with zero attached hydrogens (tertiary/aromatic N) is 3. The van der Waals surface area contributed by atoms with Crippen LogP contribution in [-0.2, 0) is 12.8 Å². The van der Waals surface area contributed by atoms with Gasteiger partial charge in [-0.05, 0) is 35.2 Å². The first-order chi connectivity index (χ1) is 10.3. The fourth-order valence-electron chi connectivity index (χ4n) is 2.46. The number of rotatable bonds is 4. The molecular formula is C17H16ClN3. The summed E-state index contributed by atoms with van der Waals surface area (Å²) < 4.78 is 1.93. The van der Waals surface area contributed by atoms with Crippen molar-refractivity contribution in [1.82, 2.24) is 14.8 Å². The van der Waals surface area contributed by atoms with E-state index < -0.39 is 0 Å². The molecule has 3 aromatic rings. The molecule has 21 heavy (non-hydrogen) atoms. The van der Waals surface area contributed by atoms with Crippen molar-refractivity contribution in [3.8, 4) is 5.69 Å². The van der Waals surface area contributed by atoms with E-state index in [9.17, 15) is 0 Å². The minimum atomic E-state index is 0.410. The molecule has 1 aromatic heterocycles. The maximum atomic E-state index is 6.22. The van der Waals surface area contributed by atoms with Gasteiger partial charge in [-0.25, -0.2) is 0 Å². The zero-order chi connectivity index (χ0) is 14.7. The van der Waals surface area contributed by atoms with E-state index in [1.807, 2.05) is 22.8 Å². The minimum absolute atomic E-state index is 0.410. The average Bonchev–Trinajstić information content (AvgIpc) is 2.90. The third kappa shape index (κ3) is 2.83. The van der Waals surface area contributed by atoms with Gasteiger partial charge in [-0.2, -0.15) is 0 Å². The quantitative estimate of drug-likeness (QED) is 0.726. The highest BCUT2D eigenvalue weighted by molar-refractivity contribution is 6.28. The Morgan fingerprint density at radius 2 is 1.67 bits per heavy atom. The topological polar surface area (TPSA) is 30.7 Å². The van der Waals surface area contributed by atoms with E-state index in [0.717, 1.165) is 24.4 Å². The maximum Gasteiger partial charge on any atom is 0.229 e. The van der Waals surface area contributed by atoms with Crippen molar-refractivity contribution < 1.29 is 0 Å². The number of hydrogen-bond acceptors (Lipinski definition) is 2. The third-order valence-corrected chi connectivity index (χ3v) is 3.72. The van der Waals surface area contributed by atoms with Crippen LogP contribution in [0.5, 0.6) is 0 Å². The molecule has 0 atom stereocenters. The summed E-state index contributed by atoms with van der Waals surface area (Å²) in [7, 11) is 0. The van der Waals surface area contributed by atoms with Crippen molar-refractivity contribution in [2.75, 3.05) is 0 Å². The Balaban J connectivity index is 2.06. The minimum Gasteiger partial charge on any atom is -0.269 e. The monoisotopic (exact) mass is 297 g/mol. The van der Waals surface area contributed by atoms with Gasteiger partial charge >= 0.3 is 0 Å². The first-order valence-electron chi connectivity index (χ1n) is 7.01. The molecule has 0 saturated carbocycles. The fourth-order valence-corrected chi connectivity index (χ4v) is 2.68. The van der Waals surface area contributed by atoms with Gasteiger partial charge in [0.1, 0.15) is 5.82 Å². The summed E-state index contributed by atoms with van der Waals surface area (Å²) in [6.45, 7) is 2.05. The Kier molecular flexibility index (Phi) is 4.02. The zero-order valence-electron chi connectivity index (χ0n) is 11.8. The van der Waals surface area contributed by atoms with Crippen molar-refractivity contribution in [3.05, 3.63) is 76.8 Å². The second-order valence-corrected chi connectivity index (χ2v) is 5.20. The Hall–Kier alpha value is -2.13. The Bertz CT molecular complexity index is 735. The summed E-state index contributed by atoms with van der Waals surface area (Å²) in [5, 5.41) is 8.54. The van der Waals surface area contributed by atoms with E-state index in [1.54, 1.807) is 0 Å². The van der Waals surface area contributed by atoms with E-state index >= 15 is 0 Å². The van der Waals surface area contributed by atoms with Gasteiger partial charge in [0.2, 0.25) is 5.28 Å². The Morgan fingerprint density at radius 1 is 0.952 bits per heavy atom. The smallest absolute Gasteiger partial charge is 0.229 e. The van der Waals surface area contributed by atoms with Crippen LogP contribution >= 0.6 is 11.6 Å². The van der Waals surface area contributed by atoms with Gasteiger partial charge in [-0.3, -0.25) is 4.57 Å². The Labute approximate surface area is 129 Å². The molecule has 2 aromatic carbocycles. The van der Waals surface area contributed by atoms with Crippen molar-refractivity contribution in [2.24, 2.45) is 0 Å². The van der Waals surface area contributed by atoms with Gasteiger partial charge in [0.25, 0.3) is 0 Å². The lowest BCUT2D eigenvalue weighted by atomic mass is 10.0. The van der Waals surface area contributed by atoms with E-state index in [2.05, 4.69) is 53.5 Å². The van der Waals surface area contributed by atoms with Crippen LogP contribution in [0.1, 0.15) is 23.9 Å². The lowest BCUT2D eigenvalue weighted by molar-refractivity contribution is 0.875. The molecule has 0 aliphatic rings. The standard InChI is InChI=1S/C17H16ClN3/c1-2-16-19-20-17(18)21(16)15-11-7-6-10-14(15)12-13-8-4-3-5-9-13/h3-11H,2,12H2,1H3. The largest absolute Gasteiger partial charge is 0.269 e. The number of benzene rings is 2. The summed E-state index contributed by atoms with van der Waals surface area (Å²) in [6, 6.07) is 18.6. The van der Waals surface area contributed by atoms with Crippen LogP contribution in [0.4, 0.5) is 0 Å². The van der Waals surface area contributed by atoms with Gasteiger partial charge < -0.3 is 0 Å². The van der Waals surface area contributed by atoms with E-state index in [-0.39, 0.29) is 0 Å². The van der Waals surface area contributed by atoms with Gasteiger partial charge in [0, 0.05) is 6.42 Å². The molecule has 3 nitrogen and oxygen atoms in total. The molecule has 0 amide bonds. The number of halogens is 1. The van der Waals surface area contributed by atoms with Gasteiger partial charge in [0.15, 0.2) is 0 Å². The van der Waals surface area contributed by atoms with E-state index in [1.165, 1.54) is 11.1 Å². The molecule has 0 aliphatic carbocycles. The van der Waals surface area contributed by atoms with Crippen molar-refractivity contribution in [1.29, 1.82) is 0 Å². The SMILES string of the molecule is CCc1nnc(Cl)n1-c1ccccc1Cc1ccccc1. The lowest BCUT2D eigenvalue weighted by Crippen LogP contribution is -2.04. The van der Waals surface area contributed by atoms with Crippen LogP contribution in [-0.4, -0.2) is 14.8 Å². The Morgan fingerprint density at radius 3 is 2.43 bits per heavy atom. The van der Waals surface area contributed by atoms with Crippen LogP contribution < -0.4 is 0 Å². The summed E-state index contributed by atoms with van der Waals surface area (Å²) in [6.07, 6.45) is 1.65. The normalized spacial score (nSPS) is 10.8. The third-order valence-electron chi connectivity index (χ3n) is 3.48. The zero-order valence-corrected chi connectivity index (χ0v) is 12.6. The van der Waals surface area contributed by atoms with Crippen LogP contribution in [0.15, 0.2) is 54.6 Å². The molecule has 0 spiro atoms. The molecule has 0 fully saturated rings. The first-order valence-corrected chi connectivity index (χ1v) is 7.39. The van der Waals surface area contributed by atoms with Crippen molar-refractivity contribution in [2.45, 2.75) is 19.8 Å². The van der Waals surface area contributed by atoms with Crippen LogP contribution in [0, 0.1) is 0 Å². The molecule has 0 N–H and O–H groups in total. The van der Waals surface area contributed by atoms with Gasteiger partial charge in [-0.1, -0.05) is 55.5 Å². The maximum absolute atomic E-state index is 6.22. The molecule has 0 unspecified atom stereocenters. The molecular weight excluding hydrogens is 282 g/mol. The average molecular weight is 298 g/mol. The summed E-state index contributed by atoms with van der Waals surface area (Å²) in [5.74, 6) is 0.875. The van der Waals surface area contributed by atoms with Gasteiger partial charge in [-0.15, -0.1) is 10.2 Å². The molecule has 0 saturated heterocycles. The van der Waals surface area contributed by atoms with E-state index in [4.69, 9.17) is 11.6 Å². The van der Waals surface area contributed by atoms with Crippen LogP contribution in [0.25, 0.3) is 5.69 Å². The second-order valence-electron chi connectivity index (χ2n) is 4.87. The summed E-state index contributed by atoms with van der Waals surface area (Å²) in [5.41, 5.74) is 3.53. The summed E-state index contributed by atoms with van der Waals surface area (Å²) >= 11 is 6.22. The molecule has 106 valence electrons. The molecule has 4 heteroatoms. The molecule has 3 rings (SSSR count). The molecule has 1 heterocycles.